The Morgan fingerprint density at radius 3 is 3.04 bits per heavy atom. The molecule has 2 aromatic rings. The molecule has 1 saturated heterocycles. The summed E-state index contributed by atoms with van der Waals surface area (Å²) < 4.78 is 7.25. The maximum absolute atomic E-state index is 12.3. The van der Waals surface area contributed by atoms with Crippen LogP contribution in [0.15, 0.2) is 43.0 Å². The molecule has 1 aromatic heterocycles. The number of nitrogens with zero attached hydrogens (tertiary/aromatic N) is 3. The van der Waals surface area contributed by atoms with Crippen molar-refractivity contribution in [2.24, 2.45) is 5.92 Å². The van der Waals surface area contributed by atoms with Gasteiger partial charge in [0.25, 0.3) is 0 Å². The molecule has 2 heterocycles. The van der Waals surface area contributed by atoms with E-state index in [9.17, 15) is 4.79 Å². The lowest BCUT2D eigenvalue weighted by Gasteiger charge is -2.21. The third-order valence-corrected chi connectivity index (χ3v) is 4.63. The van der Waals surface area contributed by atoms with Gasteiger partial charge in [0.2, 0.25) is 5.91 Å². The summed E-state index contributed by atoms with van der Waals surface area (Å²) in [5.74, 6) is 1.38. The lowest BCUT2D eigenvalue weighted by molar-refractivity contribution is -0.124. The highest BCUT2D eigenvalue weighted by molar-refractivity contribution is 5.79. The standard InChI is InChI=1S/C18H24N4O2/c1-14(22-10-8-19-13-22)18(23)20-11-15-7-9-21(12-15)16-5-3-4-6-17(16)24-2/h3-6,8,10,13-15H,7,9,11-12H2,1-2H3,(H,20,23)/t14-,15+/m0/s1. The van der Waals surface area contributed by atoms with Crippen molar-refractivity contribution in [1.82, 2.24) is 14.9 Å². The van der Waals surface area contributed by atoms with E-state index in [0.717, 1.165) is 30.9 Å². The average Bonchev–Trinajstić information content (AvgIpc) is 3.30. The van der Waals surface area contributed by atoms with Gasteiger partial charge in [0, 0.05) is 32.0 Å². The van der Waals surface area contributed by atoms with E-state index in [-0.39, 0.29) is 11.9 Å². The Morgan fingerprint density at radius 1 is 1.46 bits per heavy atom. The van der Waals surface area contributed by atoms with Crippen LogP contribution in [0.3, 0.4) is 0 Å². The van der Waals surface area contributed by atoms with Crippen LogP contribution >= 0.6 is 0 Å². The van der Waals surface area contributed by atoms with Gasteiger partial charge in [0.15, 0.2) is 0 Å². The highest BCUT2D eigenvalue weighted by Crippen LogP contribution is 2.31. The molecule has 1 aliphatic rings. The summed E-state index contributed by atoms with van der Waals surface area (Å²) in [5, 5.41) is 3.07. The van der Waals surface area contributed by atoms with Crippen LogP contribution in [-0.2, 0) is 4.79 Å². The summed E-state index contributed by atoms with van der Waals surface area (Å²) in [6.07, 6.45) is 6.23. The van der Waals surface area contributed by atoms with Crippen LogP contribution < -0.4 is 15.0 Å². The molecule has 0 unspecified atom stereocenters. The first-order chi connectivity index (χ1) is 11.7. The number of amides is 1. The minimum atomic E-state index is -0.237. The van der Waals surface area contributed by atoms with Crippen molar-refractivity contribution in [1.29, 1.82) is 0 Å². The first-order valence-corrected chi connectivity index (χ1v) is 8.32. The smallest absolute Gasteiger partial charge is 0.242 e. The zero-order valence-electron chi connectivity index (χ0n) is 14.2. The molecule has 1 N–H and O–H groups in total. The van der Waals surface area contributed by atoms with E-state index in [4.69, 9.17) is 4.74 Å². The molecule has 24 heavy (non-hydrogen) atoms. The van der Waals surface area contributed by atoms with Crippen molar-refractivity contribution in [3.8, 4) is 5.75 Å². The lowest BCUT2D eigenvalue weighted by atomic mass is 10.1. The lowest BCUT2D eigenvalue weighted by Crippen LogP contribution is -2.35. The summed E-state index contributed by atoms with van der Waals surface area (Å²) in [4.78, 5) is 18.6. The Balaban J connectivity index is 1.52. The van der Waals surface area contributed by atoms with E-state index in [1.807, 2.05) is 35.9 Å². The third-order valence-electron chi connectivity index (χ3n) is 4.63. The Hall–Kier alpha value is -2.50. The fraction of sp³-hybridized carbons (Fsp3) is 0.444. The number of carbonyl (C=O) groups is 1. The molecule has 128 valence electrons. The zero-order chi connectivity index (χ0) is 16.9. The maximum atomic E-state index is 12.3. The molecular formula is C18H24N4O2. The van der Waals surface area contributed by atoms with E-state index >= 15 is 0 Å². The quantitative estimate of drug-likeness (QED) is 0.882. The largest absolute Gasteiger partial charge is 0.495 e. The summed E-state index contributed by atoms with van der Waals surface area (Å²) in [6, 6.07) is 7.84. The Morgan fingerprint density at radius 2 is 2.29 bits per heavy atom. The van der Waals surface area contributed by atoms with Crippen LogP contribution in [0.4, 0.5) is 5.69 Å². The number of hydrogen-bond acceptors (Lipinski definition) is 4. The van der Waals surface area contributed by atoms with Crippen molar-refractivity contribution >= 4 is 11.6 Å². The Bertz CT molecular complexity index is 671. The van der Waals surface area contributed by atoms with Gasteiger partial charge in [0.1, 0.15) is 11.8 Å². The number of imidazole rings is 1. The molecule has 1 fully saturated rings. The van der Waals surface area contributed by atoms with Crippen molar-refractivity contribution in [2.45, 2.75) is 19.4 Å². The molecule has 1 amide bonds. The topological polar surface area (TPSA) is 59.4 Å². The highest BCUT2D eigenvalue weighted by atomic mass is 16.5. The van der Waals surface area contributed by atoms with Crippen LogP contribution in [0.5, 0.6) is 5.75 Å². The molecule has 0 bridgehead atoms. The van der Waals surface area contributed by atoms with Gasteiger partial charge in [-0.25, -0.2) is 4.98 Å². The van der Waals surface area contributed by atoms with Crippen molar-refractivity contribution in [3.63, 3.8) is 0 Å². The first-order valence-electron chi connectivity index (χ1n) is 8.32. The number of anilines is 1. The molecule has 0 spiro atoms. The second-order valence-corrected chi connectivity index (χ2v) is 6.20. The van der Waals surface area contributed by atoms with Gasteiger partial charge in [-0.05, 0) is 31.4 Å². The number of ether oxygens (including phenoxy) is 1. The van der Waals surface area contributed by atoms with Gasteiger partial charge >= 0.3 is 0 Å². The van der Waals surface area contributed by atoms with Crippen LogP contribution in [0, 0.1) is 5.92 Å². The molecule has 3 rings (SSSR count). The number of nitrogens with one attached hydrogen (secondary N) is 1. The molecule has 2 atom stereocenters. The predicted octanol–water partition coefficient (Wildman–Crippen LogP) is 2.10. The van der Waals surface area contributed by atoms with Crippen molar-refractivity contribution < 1.29 is 9.53 Å². The molecule has 0 aliphatic carbocycles. The monoisotopic (exact) mass is 328 g/mol. The number of aromatic nitrogens is 2. The molecule has 6 heteroatoms. The number of carbonyl (C=O) groups excluding carboxylic acids is 1. The maximum Gasteiger partial charge on any atom is 0.242 e. The normalized spacial score (nSPS) is 18.4. The minimum absolute atomic E-state index is 0.0312. The predicted molar refractivity (Wildman–Crippen MR) is 93.3 cm³/mol. The second-order valence-electron chi connectivity index (χ2n) is 6.20. The number of rotatable bonds is 6. The van der Waals surface area contributed by atoms with Gasteiger partial charge < -0.3 is 19.5 Å². The summed E-state index contributed by atoms with van der Waals surface area (Å²) in [7, 11) is 1.70. The van der Waals surface area contributed by atoms with E-state index < -0.39 is 0 Å². The molecule has 0 saturated carbocycles. The average molecular weight is 328 g/mol. The van der Waals surface area contributed by atoms with E-state index in [1.165, 1.54) is 0 Å². The van der Waals surface area contributed by atoms with Gasteiger partial charge in [-0.15, -0.1) is 0 Å². The second kappa shape index (κ2) is 7.38. The van der Waals surface area contributed by atoms with Gasteiger partial charge in [-0.2, -0.15) is 0 Å². The molecule has 0 radical (unpaired) electrons. The molecular weight excluding hydrogens is 304 g/mol. The van der Waals surface area contributed by atoms with E-state index in [1.54, 1.807) is 19.6 Å². The summed E-state index contributed by atoms with van der Waals surface area (Å²) >= 11 is 0. The van der Waals surface area contributed by atoms with Crippen molar-refractivity contribution in [2.75, 3.05) is 31.6 Å². The van der Waals surface area contributed by atoms with E-state index in [0.29, 0.717) is 12.5 Å². The Labute approximate surface area is 142 Å². The van der Waals surface area contributed by atoms with Crippen LogP contribution in [0.25, 0.3) is 0 Å². The van der Waals surface area contributed by atoms with Gasteiger partial charge in [-0.3, -0.25) is 4.79 Å². The number of benzene rings is 1. The SMILES string of the molecule is COc1ccccc1N1CC[C@H](CNC(=O)[C@H](C)n2ccnc2)C1. The third kappa shape index (κ3) is 3.53. The molecule has 6 nitrogen and oxygen atoms in total. The zero-order valence-corrected chi connectivity index (χ0v) is 14.2. The molecule has 1 aliphatic heterocycles. The number of para-hydroxylation sites is 2. The highest BCUT2D eigenvalue weighted by Gasteiger charge is 2.25. The van der Waals surface area contributed by atoms with Gasteiger partial charge in [0.05, 0.1) is 19.1 Å². The van der Waals surface area contributed by atoms with Crippen molar-refractivity contribution in [3.05, 3.63) is 43.0 Å². The summed E-state index contributed by atoms with van der Waals surface area (Å²) in [6.45, 7) is 4.49. The number of methoxy groups -OCH3 is 1. The van der Waals surface area contributed by atoms with Crippen LogP contribution in [0.1, 0.15) is 19.4 Å². The molecule has 1 aromatic carbocycles. The van der Waals surface area contributed by atoms with E-state index in [2.05, 4.69) is 21.3 Å². The fourth-order valence-electron chi connectivity index (χ4n) is 3.14. The van der Waals surface area contributed by atoms with Crippen LogP contribution in [-0.4, -0.2) is 42.2 Å². The Kier molecular flexibility index (Phi) is 5.03. The summed E-state index contributed by atoms with van der Waals surface area (Å²) in [5.41, 5.74) is 1.13. The first kappa shape index (κ1) is 16.4. The number of hydrogen-bond donors (Lipinski definition) is 1. The van der Waals surface area contributed by atoms with Crippen LogP contribution in [0.2, 0.25) is 0 Å². The minimum Gasteiger partial charge on any atom is -0.495 e. The van der Waals surface area contributed by atoms with Gasteiger partial charge in [-0.1, -0.05) is 12.1 Å². The fourth-order valence-corrected chi connectivity index (χ4v) is 3.14.